The van der Waals surface area contributed by atoms with Gasteiger partial charge in [-0.25, -0.2) is 4.79 Å². The summed E-state index contributed by atoms with van der Waals surface area (Å²) in [4.78, 5) is 22.3. The second-order valence-electron chi connectivity index (χ2n) is 3.72. The van der Waals surface area contributed by atoms with Gasteiger partial charge in [-0.2, -0.15) is 13.2 Å². The van der Waals surface area contributed by atoms with E-state index in [1.165, 1.54) is 6.08 Å². The molecule has 0 aliphatic carbocycles. The van der Waals surface area contributed by atoms with Crippen LogP contribution in [0.15, 0.2) is 11.6 Å². The standard InChI is InChI=1S/C10H12F3NO3/c11-10(12,13)9(17)14-5-1-3-7(8(15)16)4-2-6-14/h3H,1-2,4-6H2,(H,15,16)/b7-3+. The Labute approximate surface area is 95.7 Å². The van der Waals surface area contributed by atoms with Crippen molar-refractivity contribution in [2.45, 2.75) is 25.4 Å². The second kappa shape index (κ2) is 5.20. The third kappa shape index (κ3) is 3.76. The average Bonchev–Trinajstić information content (AvgIpc) is 2.14. The van der Waals surface area contributed by atoms with Gasteiger partial charge in [-0.05, 0) is 19.3 Å². The minimum Gasteiger partial charge on any atom is -0.478 e. The maximum Gasteiger partial charge on any atom is 0.471 e. The van der Waals surface area contributed by atoms with Crippen LogP contribution >= 0.6 is 0 Å². The predicted octanol–water partition coefficient (Wildman–Crippen LogP) is 1.57. The van der Waals surface area contributed by atoms with E-state index in [9.17, 15) is 22.8 Å². The Bertz CT molecular complexity index is 349. The third-order valence-corrected chi connectivity index (χ3v) is 2.47. The van der Waals surface area contributed by atoms with Gasteiger partial charge >= 0.3 is 18.1 Å². The SMILES string of the molecule is O=C(O)/C1=C/CCN(C(=O)C(F)(F)F)CCC1. The summed E-state index contributed by atoms with van der Waals surface area (Å²) in [7, 11) is 0. The molecule has 0 atom stereocenters. The van der Waals surface area contributed by atoms with Gasteiger partial charge in [0, 0.05) is 18.7 Å². The number of aliphatic carboxylic acids is 1. The Balaban J connectivity index is 2.66. The number of carboxylic acids is 1. The number of amides is 1. The molecule has 17 heavy (non-hydrogen) atoms. The molecule has 4 nitrogen and oxygen atoms in total. The lowest BCUT2D eigenvalue weighted by atomic mass is 10.1. The first-order valence-corrected chi connectivity index (χ1v) is 5.11. The van der Waals surface area contributed by atoms with Crippen molar-refractivity contribution in [3.8, 4) is 0 Å². The topological polar surface area (TPSA) is 57.6 Å². The molecule has 1 aliphatic heterocycles. The Morgan fingerprint density at radius 2 is 1.94 bits per heavy atom. The maximum atomic E-state index is 12.2. The molecule has 1 heterocycles. The Morgan fingerprint density at radius 3 is 2.47 bits per heavy atom. The lowest BCUT2D eigenvalue weighted by molar-refractivity contribution is -0.185. The minimum atomic E-state index is -4.86. The average molecular weight is 251 g/mol. The summed E-state index contributed by atoms with van der Waals surface area (Å²) >= 11 is 0. The monoisotopic (exact) mass is 251 g/mol. The third-order valence-electron chi connectivity index (χ3n) is 2.47. The van der Waals surface area contributed by atoms with Crippen molar-refractivity contribution >= 4 is 11.9 Å². The van der Waals surface area contributed by atoms with Crippen molar-refractivity contribution in [1.29, 1.82) is 0 Å². The molecule has 0 radical (unpaired) electrons. The summed E-state index contributed by atoms with van der Waals surface area (Å²) in [5, 5.41) is 8.73. The van der Waals surface area contributed by atoms with Gasteiger partial charge < -0.3 is 10.0 Å². The number of halogens is 3. The van der Waals surface area contributed by atoms with E-state index >= 15 is 0 Å². The second-order valence-corrected chi connectivity index (χ2v) is 3.72. The lowest BCUT2D eigenvalue weighted by Crippen LogP contribution is -2.42. The largest absolute Gasteiger partial charge is 0.478 e. The van der Waals surface area contributed by atoms with E-state index in [-0.39, 0.29) is 37.9 Å². The van der Waals surface area contributed by atoms with Crippen molar-refractivity contribution in [2.24, 2.45) is 0 Å². The number of carbonyl (C=O) groups is 2. The van der Waals surface area contributed by atoms with E-state index < -0.39 is 18.1 Å². The molecule has 1 N–H and O–H groups in total. The molecule has 7 heteroatoms. The molecule has 0 aromatic rings. The minimum absolute atomic E-state index is 0.0665. The summed E-state index contributed by atoms with van der Waals surface area (Å²) in [6.45, 7) is -0.169. The number of alkyl halides is 3. The molecule has 1 rings (SSSR count). The van der Waals surface area contributed by atoms with Crippen LogP contribution in [0.3, 0.4) is 0 Å². The van der Waals surface area contributed by atoms with Gasteiger partial charge in [0.1, 0.15) is 0 Å². The highest BCUT2D eigenvalue weighted by molar-refractivity contribution is 5.86. The molecule has 0 spiro atoms. The van der Waals surface area contributed by atoms with E-state index in [2.05, 4.69) is 0 Å². The summed E-state index contributed by atoms with van der Waals surface area (Å²) in [5.41, 5.74) is 0.198. The zero-order valence-electron chi connectivity index (χ0n) is 8.96. The van der Waals surface area contributed by atoms with Crippen LogP contribution in [-0.2, 0) is 9.59 Å². The molecule has 0 aromatic carbocycles. The highest BCUT2D eigenvalue weighted by atomic mass is 19.4. The molecule has 1 amide bonds. The molecule has 0 unspecified atom stereocenters. The molecular weight excluding hydrogens is 239 g/mol. The van der Waals surface area contributed by atoms with Gasteiger partial charge in [0.2, 0.25) is 0 Å². The Morgan fingerprint density at radius 1 is 1.29 bits per heavy atom. The van der Waals surface area contributed by atoms with Crippen LogP contribution < -0.4 is 0 Å². The van der Waals surface area contributed by atoms with Crippen LogP contribution in [-0.4, -0.2) is 41.1 Å². The highest BCUT2D eigenvalue weighted by Crippen LogP contribution is 2.21. The van der Waals surface area contributed by atoms with Crippen LogP contribution in [0.5, 0.6) is 0 Å². The molecule has 0 saturated heterocycles. The fourth-order valence-corrected chi connectivity index (χ4v) is 1.65. The van der Waals surface area contributed by atoms with Gasteiger partial charge in [-0.15, -0.1) is 0 Å². The van der Waals surface area contributed by atoms with Crippen molar-refractivity contribution in [3.63, 3.8) is 0 Å². The molecular formula is C10H12F3NO3. The van der Waals surface area contributed by atoms with Gasteiger partial charge in [0.15, 0.2) is 0 Å². The number of rotatable bonds is 1. The zero-order chi connectivity index (χ0) is 13.1. The van der Waals surface area contributed by atoms with Crippen LogP contribution in [0.25, 0.3) is 0 Å². The summed E-state index contributed by atoms with van der Waals surface area (Å²) in [5.74, 6) is -2.91. The van der Waals surface area contributed by atoms with E-state index in [4.69, 9.17) is 5.11 Å². The van der Waals surface area contributed by atoms with Crippen LogP contribution in [0.1, 0.15) is 19.3 Å². The first-order chi connectivity index (χ1) is 7.82. The van der Waals surface area contributed by atoms with Crippen molar-refractivity contribution in [3.05, 3.63) is 11.6 Å². The number of hydrogen-bond donors (Lipinski definition) is 1. The van der Waals surface area contributed by atoms with Crippen LogP contribution in [0, 0.1) is 0 Å². The smallest absolute Gasteiger partial charge is 0.471 e. The molecule has 96 valence electrons. The molecule has 0 aromatic heterocycles. The Kier molecular flexibility index (Phi) is 4.14. The summed E-state index contributed by atoms with van der Waals surface area (Å²) in [6, 6.07) is 0. The normalized spacial score (nSPS) is 21.1. The summed E-state index contributed by atoms with van der Waals surface area (Å²) < 4.78 is 36.5. The summed E-state index contributed by atoms with van der Waals surface area (Å²) in [6.07, 6.45) is -2.96. The number of carboxylic acid groups (broad SMARTS) is 1. The fourth-order valence-electron chi connectivity index (χ4n) is 1.65. The lowest BCUT2D eigenvalue weighted by Gasteiger charge is -2.24. The molecule has 0 fully saturated rings. The van der Waals surface area contributed by atoms with E-state index in [1.54, 1.807) is 0 Å². The molecule has 1 aliphatic rings. The first kappa shape index (κ1) is 13.5. The quantitative estimate of drug-likeness (QED) is 0.769. The van der Waals surface area contributed by atoms with Crippen molar-refractivity contribution in [1.82, 2.24) is 4.90 Å². The molecule has 0 saturated carbocycles. The Hall–Kier alpha value is -1.53. The van der Waals surface area contributed by atoms with Crippen molar-refractivity contribution < 1.29 is 27.9 Å². The fraction of sp³-hybridized carbons (Fsp3) is 0.600. The first-order valence-electron chi connectivity index (χ1n) is 5.11. The zero-order valence-corrected chi connectivity index (χ0v) is 8.96. The van der Waals surface area contributed by atoms with Crippen LogP contribution in [0.4, 0.5) is 13.2 Å². The highest BCUT2D eigenvalue weighted by Gasteiger charge is 2.42. The van der Waals surface area contributed by atoms with Gasteiger partial charge in [0.25, 0.3) is 0 Å². The van der Waals surface area contributed by atoms with E-state index in [0.29, 0.717) is 0 Å². The van der Waals surface area contributed by atoms with Gasteiger partial charge in [-0.1, -0.05) is 6.08 Å². The van der Waals surface area contributed by atoms with E-state index in [0.717, 1.165) is 4.90 Å². The number of hydrogen-bond acceptors (Lipinski definition) is 2. The van der Waals surface area contributed by atoms with E-state index in [1.807, 2.05) is 0 Å². The number of carbonyl (C=O) groups excluding carboxylic acids is 1. The molecule has 0 bridgehead atoms. The van der Waals surface area contributed by atoms with Gasteiger partial charge in [-0.3, -0.25) is 4.79 Å². The maximum absolute atomic E-state index is 12.2. The van der Waals surface area contributed by atoms with Gasteiger partial charge in [0.05, 0.1) is 0 Å². The van der Waals surface area contributed by atoms with Crippen molar-refractivity contribution in [2.75, 3.05) is 13.1 Å². The van der Waals surface area contributed by atoms with Crippen LogP contribution in [0.2, 0.25) is 0 Å². The number of nitrogens with zero attached hydrogens (tertiary/aromatic N) is 1. The predicted molar refractivity (Wildman–Crippen MR) is 52.2 cm³/mol.